The van der Waals surface area contributed by atoms with Crippen LogP contribution in [0.1, 0.15) is 37.1 Å². The molecule has 0 aliphatic rings. The first-order valence-electron chi connectivity index (χ1n) is 6.36. The van der Waals surface area contributed by atoms with Crippen molar-refractivity contribution in [3.63, 3.8) is 0 Å². The molecule has 2 aromatic rings. The van der Waals surface area contributed by atoms with E-state index in [0.717, 1.165) is 11.1 Å². The molecular formula is C16H18FNO. The minimum atomic E-state index is -0.220. The van der Waals surface area contributed by atoms with E-state index in [0.29, 0.717) is 0 Å². The molecule has 2 N–H and O–H groups in total. The van der Waals surface area contributed by atoms with Crippen molar-refractivity contribution in [2.75, 3.05) is 0 Å². The summed E-state index contributed by atoms with van der Waals surface area (Å²) in [5.41, 5.74) is 2.15. The topological polar surface area (TPSA) is 32.3 Å². The van der Waals surface area contributed by atoms with Crippen LogP contribution >= 0.6 is 0 Å². The Morgan fingerprint density at radius 2 is 1.26 bits per heavy atom. The summed E-state index contributed by atoms with van der Waals surface area (Å²) < 4.78 is 12.9. The van der Waals surface area contributed by atoms with Crippen molar-refractivity contribution in [1.82, 2.24) is 5.32 Å². The Labute approximate surface area is 112 Å². The van der Waals surface area contributed by atoms with Crippen LogP contribution in [0.2, 0.25) is 0 Å². The van der Waals surface area contributed by atoms with Crippen molar-refractivity contribution in [2.45, 2.75) is 25.9 Å². The highest BCUT2D eigenvalue weighted by Gasteiger charge is 2.11. The number of hydrogen-bond donors (Lipinski definition) is 2. The molecule has 0 aliphatic carbocycles. The van der Waals surface area contributed by atoms with Crippen LogP contribution in [-0.2, 0) is 0 Å². The third kappa shape index (κ3) is 3.55. The molecule has 0 amide bonds. The largest absolute Gasteiger partial charge is 0.508 e. The summed E-state index contributed by atoms with van der Waals surface area (Å²) >= 11 is 0. The summed E-state index contributed by atoms with van der Waals surface area (Å²) in [7, 11) is 0. The molecule has 0 spiro atoms. The number of nitrogens with one attached hydrogen (secondary N) is 1. The second-order valence-corrected chi connectivity index (χ2v) is 4.75. The highest BCUT2D eigenvalue weighted by Crippen LogP contribution is 2.21. The fourth-order valence-electron chi connectivity index (χ4n) is 2.08. The summed E-state index contributed by atoms with van der Waals surface area (Å²) in [6.45, 7) is 4.11. The van der Waals surface area contributed by atoms with Gasteiger partial charge in [-0.1, -0.05) is 24.3 Å². The molecule has 0 radical (unpaired) electrons. The average molecular weight is 259 g/mol. The van der Waals surface area contributed by atoms with E-state index in [1.807, 2.05) is 19.1 Å². The first-order chi connectivity index (χ1) is 9.06. The van der Waals surface area contributed by atoms with Gasteiger partial charge < -0.3 is 10.4 Å². The zero-order valence-corrected chi connectivity index (χ0v) is 11.1. The van der Waals surface area contributed by atoms with Gasteiger partial charge in [-0.2, -0.15) is 0 Å². The van der Waals surface area contributed by atoms with E-state index >= 15 is 0 Å². The van der Waals surface area contributed by atoms with E-state index in [2.05, 4.69) is 12.2 Å². The molecule has 0 fully saturated rings. The minimum absolute atomic E-state index is 0.129. The molecule has 2 atom stereocenters. The lowest BCUT2D eigenvalue weighted by Gasteiger charge is -2.20. The summed E-state index contributed by atoms with van der Waals surface area (Å²) in [5.74, 6) is 0.0464. The van der Waals surface area contributed by atoms with Crippen molar-refractivity contribution in [3.05, 3.63) is 65.5 Å². The van der Waals surface area contributed by atoms with Crippen LogP contribution in [0.15, 0.2) is 48.5 Å². The Hall–Kier alpha value is -1.87. The van der Waals surface area contributed by atoms with Crippen molar-refractivity contribution >= 4 is 0 Å². The molecule has 0 aromatic heterocycles. The Kier molecular flexibility index (Phi) is 4.17. The van der Waals surface area contributed by atoms with Gasteiger partial charge in [0.1, 0.15) is 11.6 Å². The minimum Gasteiger partial charge on any atom is -0.508 e. The molecule has 0 heterocycles. The molecule has 0 saturated heterocycles. The lowest BCUT2D eigenvalue weighted by Crippen LogP contribution is -2.22. The molecule has 2 nitrogen and oxygen atoms in total. The van der Waals surface area contributed by atoms with Gasteiger partial charge in [0.05, 0.1) is 0 Å². The summed E-state index contributed by atoms with van der Waals surface area (Å²) in [6.07, 6.45) is 0. The maximum absolute atomic E-state index is 12.9. The van der Waals surface area contributed by atoms with Crippen LogP contribution in [0, 0.1) is 5.82 Å². The molecule has 1 unspecified atom stereocenters. The van der Waals surface area contributed by atoms with Gasteiger partial charge in [0.25, 0.3) is 0 Å². The monoisotopic (exact) mass is 259 g/mol. The van der Waals surface area contributed by atoms with E-state index in [1.54, 1.807) is 24.3 Å². The summed E-state index contributed by atoms with van der Waals surface area (Å²) in [4.78, 5) is 0. The third-order valence-electron chi connectivity index (χ3n) is 3.26. The summed E-state index contributed by atoms with van der Waals surface area (Å²) in [5, 5.41) is 12.7. The molecule has 0 saturated carbocycles. The van der Waals surface area contributed by atoms with Gasteiger partial charge >= 0.3 is 0 Å². The fraction of sp³-hybridized carbons (Fsp3) is 0.250. The fourth-order valence-corrected chi connectivity index (χ4v) is 2.08. The number of aromatic hydroxyl groups is 1. The van der Waals surface area contributed by atoms with Gasteiger partial charge in [0.2, 0.25) is 0 Å². The van der Waals surface area contributed by atoms with Gasteiger partial charge in [-0.15, -0.1) is 0 Å². The molecule has 0 bridgehead atoms. The normalized spacial score (nSPS) is 14.1. The lowest BCUT2D eigenvalue weighted by molar-refractivity contribution is 0.472. The number of benzene rings is 2. The first kappa shape index (κ1) is 13.6. The van der Waals surface area contributed by atoms with Crippen molar-refractivity contribution in [1.29, 1.82) is 0 Å². The predicted molar refractivity (Wildman–Crippen MR) is 74.5 cm³/mol. The van der Waals surface area contributed by atoms with E-state index in [1.165, 1.54) is 12.1 Å². The molecule has 100 valence electrons. The quantitative estimate of drug-likeness (QED) is 0.871. The van der Waals surface area contributed by atoms with Crippen LogP contribution < -0.4 is 5.32 Å². The van der Waals surface area contributed by atoms with Gasteiger partial charge in [-0.3, -0.25) is 0 Å². The van der Waals surface area contributed by atoms with Crippen LogP contribution in [-0.4, -0.2) is 5.11 Å². The van der Waals surface area contributed by atoms with E-state index in [9.17, 15) is 9.50 Å². The molecule has 3 heteroatoms. The number of phenolic OH excluding ortho intramolecular Hbond substituents is 1. The van der Waals surface area contributed by atoms with Gasteiger partial charge in [0.15, 0.2) is 0 Å². The maximum Gasteiger partial charge on any atom is 0.123 e. The average Bonchev–Trinajstić information content (AvgIpc) is 2.40. The van der Waals surface area contributed by atoms with Gasteiger partial charge in [-0.05, 0) is 49.2 Å². The second-order valence-electron chi connectivity index (χ2n) is 4.75. The Balaban J connectivity index is 2.03. The molecule has 0 aliphatic heterocycles. The highest BCUT2D eigenvalue weighted by molar-refractivity contribution is 5.28. The number of halogens is 1. The van der Waals surface area contributed by atoms with Crippen LogP contribution in [0.3, 0.4) is 0 Å². The zero-order valence-electron chi connectivity index (χ0n) is 11.1. The van der Waals surface area contributed by atoms with Crippen molar-refractivity contribution in [2.24, 2.45) is 0 Å². The molecule has 2 rings (SSSR count). The van der Waals surface area contributed by atoms with Crippen molar-refractivity contribution in [3.8, 4) is 5.75 Å². The van der Waals surface area contributed by atoms with E-state index in [-0.39, 0.29) is 23.7 Å². The van der Waals surface area contributed by atoms with Crippen LogP contribution in [0.25, 0.3) is 0 Å². The lowest BCUT2D eigenvalue weighted by atomic mass is 10.0. The molecular weight excluding hydrogens is 241 g/mol. The predicted octanol–water partition coefficient (Wildman–Crippen LogP) is 3.94. The number of rotatable bonds is 4. The number of phenols is 1. The van der Waals surface area contributed by atoms with E-state index < -0.39 is 0 Å². The van der Waals surface area contributed by atoms with E-state index in [4.69, 9.17) is 0 Å². The first-order valence-corrected chi connectivity index (χ1v) is 6.36. The smallest absolute Gasteiger partial charge is 0.123 e. The molecule has 2 aromatic carbocycles. The third-order valence-corrected chi connectivity index (χ3v) is 3.26. The second kappa shape index (κ2) is 5.85. The standard InChI is InChI=1S/C16H18FNO/c1-11(13-3-7-15(17)8-4-13)18-12(2)14-5-9-16(19)10-6-14/h3-12,18-19H,1-2H3/t11-,12?/m0/s1. The van der Waals surface area contributed by atoms with Gasteiger partial charge in [-0.25, -0.2) is 4.39 Å². The highest BCUT2D eigenvalue weighted by atomic mass is 19.1. The molecule has 19 heavy (non-hydrogen) atoms. The summed E-state index contributed by atoms with van der Waals surface area (Å²) in [6, 6.07) is 13.9. The Morgan fingerprint density at radius 1 is 0.842 bits per heavy atom. The van der Waals surface area contributed by atoms with Crippen molar-refractivity contribution < 1.29 is 9.50 Å². The zero-order chi connectivity index (χ0) is 13.8. The van der Waals surface area contributed by atoms with Gasteiger partial charge in [0, 0.05) is 12.1 Å². The van der Waals surface area contributed by atoms with Crippen LogP contribution in [0.4, 0.5) is 4.39 Å². The Morgan fingerprint density at radius 3 is 1.74 bits per heavy atom. The SMILES string of the molecule is CC(N[C@@H](C)c1ccc(F)cc1)c1ccc(O)cc1. The maximum atomic E-state index is 12.9. The Bertz CT molecular complexity index is 472. The van der Waals surface area contributed by atoms with Crippen LogP contribution in [0.5, 0.6) is 5.75 Å². The number of hydrogen-bond acceptors (Lipinski definition) is 2.